The van der Waals surface area contributed by atoms with Crippen LogP contribution >= 0.6 is 22.9 Å². The summed E-state index contributed by atoms with van der Waals surface area (Å²) in [5.74, 6) is -0.321. The number of rotatable bonds is 5. The van der Waals surface area contributed by atoms with Crippen LogP contribution in [0.4, 0.5) is 5.13 Å². The number of nitrogens with one attached hydrogen (secondary N) is 1. The van der Waals surface area contributed by atoms with Gasteiger partial charge in [-0.3, -0.25) is 10.1 Å². The third-order valence-corrected chi connectivity index (χ3v) is 3.51. The van der Waals surface area contributed by atoms with E-state index >= 15 is 0 Å². The lowest BCUT2D eigenvalue weighted by atomic mass is 10.2. The van der Waals surface area contributed by atoms with Crippen molar-refractivity contribution in [2.75, 3.05) is 5.32 Å². The van der Waals surface area contributed by atoms with Gasteiger partial charge >= 0.3 is 0 Å². The third-order valence-electron chi connectivity index (χ3n) is 2.51. The van der Waals surface area contributed by atoms with Gasteiger partial charge in [0.15, 0.2) is 0 Å². The molecule has 0 spiro atoms. The number of anilines is 1. The zero-order chi connectivity index (χ0) is 15.2. The molecule has 0 aliphatic heterocycles. The average molecular weight is 325 g/mol. The average Bonchev–Trinajstić information content (AvgIpc) is 2.93. The second-order valence-corrected chi connectivity index (χ2v) is 5.47. The zero-order valence-corrected chi connectivity index (χ0v) is 12.7. The van der Waals surface area contributed by atoms with Gasteiger partial charge < -0.3 is 10.5 Å². The molecule has 0 saturated carbocycles. The molecule has 1 heterocycles. The van der Waals surface area contributed by atoms with Crippen molar-refractivity contribution in [1.82, 2.24) is 10.2 Å². The number of aromatic nitrogens is 2. The van der Waals surface area contributed by atoms with Crippen molar-refractivity contribution in [2.24, 2.45) is 5.73 Å². The molecule has 1 aromatic heterocycles. The Morgan fingerprint density at radius 3 is 2.81 bits per heavy atom. The van der Waals surface area contributed by atoms with Crippen LogP contribution in [0.5, 0.6) is 5.19 Å². The standard InChI is InChI=1S/C13H13ClN4O2S/c1-8(6-15)11(19)16-12-17-18-13(21-12)20-7-9-2-4-10(14)5-3-9/h2-6H,7,15H2,1H3,(H,16,17,19)/b8-6+. The molecule has 0 saturated heterocycles. The van der Waals surface area contributed by atoms with E-state index in [2.05, 4.69) is 15.5 Å². The molecule has 0 radical (unpaired) electrons. The third kappa shape index (κ3) is 4.44. The number of amides is 1. The first-order chi connectivity index (χ1) is 10.1. The molecule has 2 rings (SSSR count). The Morgan fingerprint density at radius 1 is 1.43 bits per heavy atom. The van der Waals surface area contributed by atoms with Gasteiger partial charge in [-0.2, -0.15) is 0 Å². The van der Waals surface area contributed by atoms with Gasteiger partial charge in [0.1, 0.15) is 6.61 Å². The Hall–Kier alpha value is -2.12. The molecule has 2 aromatic rings. The number of nitrogens with zero attached hydrogens (tertiary/aromatic N) is 2. The molecule has 110 valence electrons. The number of ether oxygens (including phenoxy) is 1. The summed E-state index contributed by atoms with van der Waals surface area (Å²) in [6, 6.07) is 7.30. The highest BCUT2D eigenvalue weighted by atomic mass is 35.5. The summed E-state index contributed by atoms with van der Waals surface area (Å²) in [4.78, 5) is 11.6. The normalized spacial score (nSPS) is 11.2. The van der Waals surface area contributed by atoms with Gasteiger partial charge in [-0.1, -0.05) is 28.8 Å². The number of hydrogen-bond donors (Lipinski definition) is 2. The summed E-state index contributed by atoms with van der Waals surface area (Å²) < 4.78 is 5.49. The fraction of sp³-hybridized carbons (Fsp3) is 0.154. The van der Waals surface area contributed by atoms with Crippen LogP contribution in [0.15, 0.2) is 36.0 Å². The predicted octanol–water partition coefficient (Wildman–Crippen LogP) is 2.57. The minimum Gasteiger partial charge on any atom is -0.464 e. The maximum atomic E-state index is 11.6. The summed E-state index contributed by atoms with van der Waals surface area (Å²) in [5, 5.41) is 11.6. The molecule has 0 aliphatic rings. The van der Waals surface area contributed by atoms with Crippen molar-refractivity contribution >= 4 is 34.0 Å². The van der Waals surface area contributed by atoms with Gasteiger partial charge in [-0.05, 0) is 36.0 Å². The number of hydrogen-bond acceptors (Lipinski definition) is 6. The topological polar surface area (TPSA) is 90.1 Å². The highest BCUT2D eigenvalue weighted by molar-refractivity contribution is 7.17. The fourth-order valence-electron chi connectivity index (χ4n) is 1.32. The maximum Gasteiger partial charge on any atom is 0.296 e. The Balaban J connectivity index is 1.91. The fourth-order valence-corrected chi connectivity index (χ4v) is 2.03. The number of benzene rings is 1. The first-order valence-electron chi connectivity index (χ1n) is 5.99. The van der Waals surface area contributed by atoms with Crippen LogP contribution in [-0.4, -0.2) is 16.1 Å². The van der Waals surface area contributed by atoms with Crippen LogP contribution in [0.25, 0.3) is 0 Å². The molecule has 1 aromatic carbocycles. The predicted molar refractivity (Wildman–Crippen MR) is 82.3 cm³/mol. The van der Waals surface area contributed by atoms with Crippen molar-refractivity contribution in [1.29, 1.82) is 0 Å². The number of carbonyl (C=O) groups excluding carboxylic acids is 1. The maximum absolute atomic E-state index is 11.6. The SMILES string of the molecule is C/C(=C\N)C(=O)Nc1nnc(OCc2ccc(Cl)cc2)s1. The van der Waals surface area contributed by atoms with Gasteiger partial charge in [0.2, 0.25) is 5.13 Å². The van der Waals surface area contributed by atoms with Crippen LogP contribution in [0.1, 0.15) is 12.5 Å². The van der Waals surface area contributed by atoms with E-state index in [1.54, 1.807) is 19.1 Å². The second-order valence-electron chi connectivity index (χ2n) is 4.09. The summed E-state index contributed by atoms with van der Waals surface area (Å²) in [6.07, 6.45) is 1.23. The number of halogens is 1. The zero-order valence-electron chi connectivity index (χ0n) is 11.2. The summed E-state index contributed by atoms with van der Waals surface area (Å²) >= 11 is 6.94. The lowest BCUT2D eigenvalue weighted by Crippen LogP contribution is -2.13. The van der Waals surface area contributed by atoms with E-state index in [0.29, 0.717) is 27.5 Å². The van der Waals surface area contributed by atoms with Crippen molar-refractivity contribution in [3.63, 3.8) is 0 Å². The highest BCUT2D eigenvalue weighted by Gasteiger charge is 2.10. The summed E-state index contributed by atoms with van der Waals surface area (Å²) in [5.41, 5.74) is 6.62. The molecule has 1 amide bonds. The second kappa shape index (κ2) is 7.05. The van der Waals surface area contributed by atoms with E-state index in [9.17, 15) is 4.79 Å². The summed E-state index contributed by atoms with van der Waals surface area (Å²) in [6.45, 7) is 1.95. The first-order valence-corrected chi connectivity index (χ1v) is 7.18. The van der Waals surface area contributed by atoms with Crippen molar-refractivity contribution in [2.45, 2.75) is 13.5 Å². The number of carbonyl (C=O) groups is 1. The lowest BCUT2D eigenvalue weighted by molar-refractivity contribution is -0.112. The summed E-state index contributed by atoms with van der Waals surface area (Å²) in [7, 11) is 0. The van der Waals surface area contributed by atoms with Crippen LogP contribution < -0.4 is 15.8 Å². The van der Waals surface area contributed by atoms with Crippen molar-refractivity contribution in [3.05, 3.63) is 46.6 Å². The van der Waals surface area contributed by atoms with Gasteiger partial charge in [0.25, 0.3) is 11.1 Å². The highest BCUT2D eigenvalue weighted by Crippen LogP contribution is 2.23. The largest absolute Gasteiger partial charge is 0.464 e. The van der Waals surface area contributed by atoms with E-state index < -0.39 is 0 Å². The minimum atomic E-state index is -0.321. The monoisotopic (exact) mass is 324 g/mol. The molecule has 6 nitrogen and oxygen atoms in total. The van der Waals surface area contributed by atoms with Crippen LogP contribution in [0.2, 0.25) is 5.02 Å². The Labute approximate surface area is 130 Å². The molecular weight excluding hydrogens is 312 g/mol. The molecular formula is C13H13ClN4O2S. The van der Waals surface area contributed by atoms with E-state index in [1.807, 2.05) is 12.1 Å². The van der Waals surface area contributed by atoms with Crippen molar-refractivity contribution in [3.8, 4) is 5.19 Å². The minimum absolute atomic E-state index is 0.321. The van der Waals surface area contributed by atoms with E-state index in [1.165, 1.54) is 6.20 Å². The van der Waals surface area contributed by atoms with Gasteiger partial charge in [0.05, 0.1) is 0 Å². The first kappa shape index (κ1) is 15.3. The molecule has 0 fully saturated rings. The van der Waals surface area contributed by atoms with E-state index in [-0.39, 0.29) is 5.91 Å². The van der Waals surface area contributed by atoms with Gasteiger partial charge in [-0.25, -0.2) is 0 Å². The molecule has 0 unspecified atom stereocenters. The smallest absolute Gasteiger partial charge is 0.296 e. The quantitative estimate of drug-likeness (QED) is 0.825. The van der Waals surface area contributed by atoms with E-state index in [4.69, 9.17) is 22.1 Å². The Bertz CT molecular complexity index is 654. The number of nitrogens with two attached hydrogens (primary N) is 1. The van der Waals surface area contributed by atoms with Crippen LogP contribution in [0, 0.1) is 0 Å². The van der Waals surface area contributed by atoms with Gasteiger partial charge in [-0.15, -0.1) is 5.10 Å². The van der Waals surface area contributed by atoms with E-state index in [0.717, 1.165) is 16.9 Å². The molecule has 8 heteroatoms. The van der Waals surface area contributed by atoms with Gasteiger partial charge in [0, 0.05) is 16.8 Å². The Kier molecular flexibility index (Phi) is 5.13. The van der Waals surface area contributed by atoms with Crippen LogP contribution in [-0.2, 0) is 11.4 Å². The molecule has 0 aliphatic carbocycles. The molecule has 3 N–H and O–H groups in total. The molecule has 0 atom stereocenters. The lowest BCUT2D eigenvalue weighted by Gasteiger charge is -2.01. The van der Waals surface area contributed by atoms with Crippen molar-refractivity contribution < 1.29 is 9.53 Å². The molecule has 21 heavy (non-hydrogen) atoms. The molecule has 0 bridgehead atoms. The van der Waals surface area contributed by atoms with Crippen LogP contribution in [0.3, 0.4) is 0 Å². The Morgan fingerprint density at radius 2 is 2.14 bits per heavy atom.